The van der Waals surface area contributed by atoms with E-state index in [1.54, 1.807) is 0 Å². The van der Waals surface area contributed by atoms with Gasteiger partial charge in [-0.05, 0) is 38.3 Å². The van der Waals surface area contributed by atoms with Gasteiger partial charge in [-0.25, -0.2) is 0 Å². The van der Waals surface area contributed by atoms with Crippen LogP contribution in [-0.2, 0) is 0 Å². The van der Waals surface area contributed by atoms with E-state index in [0.717, 1.165) is 5.92 Å². The summed E-state index contributed by atoms with van der Waals surface area (Å²) in [4.78, 5) is 0. The molecule has 0 amide bonds. The van der Waals surface area contributed by atoms with Crippen LogP contribution in [0, 0.1) is 5.92 Å². The first kappa shape index (κ1) is 21.0. The second-order valence-corrected chi connectivity index (χ2v) is 7.95. The number of unbranched alkanes of at least 4 members (excludes halogenated alkanes) is 14. The van der Waals surface area contributed by atoms with Crippen LogP contribution in [0.25, 0.3) is 0 Å². The van der Waals surface area contributed by atoms with E-state index in [1.807, 2.05) is 0 Å². The van der Waals surface area contributed by atoms with E-state index in [9.17, 15) is 0 Å². The molecule has 0 saturated carbocycles. The Balaban J connectivity index is 1.67. The SMILES string of the molecule is CCCCCCCCCCCCCCCCCC1CCCNC1. The molecule has 0 aromatic rings. The highest BCUT2D eigenvalue weighted by molar-refractivity contribution is 4.68. The zero-order chi connectivity index (χ0) is 16.4. The second-order valence-electron chi connectivity index (χ2n) is 7.95. The molecule has 1 nitrogen and oxygen atoms in total. The van der Waals surface area contributed by atoms with E-state index in [1.165, 1.54) is 129 Å². The predicted molar refractivity (Wildman–Crippen MR) is 105 cm³/mol. The minimum atomic E-state index is 0.991. The van der Waals surface area contributed by atoms with Gasteiger partial charge in [0.15, 0.2) is 0 Å². The van der Waals surface area contributed by atoms with Gasteiger partial charge in [-0.15, -0.1) is 0 Å². The lowest BCUT2D eigenvalue weighted by molar-refractivity contribution is 0.345. The largest absolute Gasteiger partial charge is 0.316 e. The Morgan fingerprint density at radius 2 is 1.13 bits per heavy atom. The molecule has 1 aliphatic rings. The summed E-state index contributed by atoms with van der Waals surface area (Å²) in [6.07, 6.45) is 26.5. The molecule has 1 heteroatoms. The van der Waals surface area contributed by atoms with Crippen molar-refractivity contribution in [3.8, 4) is 0 Å². The van der Waals surface area contributed by atoms with Crippen LogP contribution in [0.3, 0.4) is 0 Å². The zero-order valence-corrected chi connectivity index (χ0v) is 16.2. The van der Waals surface area contributed by atoms with Gasteiger partial charge in [0.25, 0.3) is 0 Å². The molecule has 0 radical (unpaired) electrons. The van der Waals surface area contributed by atoms with E-state index < -0.39 is 0 Å². The van der Waals surface area contributed by atoms with Gasteiger partial charge in [0.05, 0.1) is 0 Å². The Hall–Kier alpha value is -0.0400. The van der Waals surface area contributed by atoms with Gasteiger partial charge in [-0.2, -0.15) is 0 Å². The molecule has 1 heterocycles. The maximum Gasteiger partial charge on any atom is -0.00205 e. The van der Waals surface area contributed by atoms with Crippen LogP contribution >= 0.6 is 0 Å². The van der Waals surface area contributed by atoms with Gasteiger partial charge in [0, 0.05) is 0 Å². The Kier molecular flexibility index (Phi) is 15.3. The van der Waals surface area contributed by atoms with Crippen LogP contribution in [0.15, 0.2) is 0 Å². The molecule has 23 heavy (non-hydrogen) atoms. The quantitative estimate of drug-likeness (QED) is 0.295. The fourth-order valence-electron chi connectivity index (χ4n) is 3.97. The first-order valence-electron chi connectivity index (χ1n) is 11.1. The molecule has 0 spiro atoms. The van der Waals surface area contributed by atoms with Crippen LogP contribution in [0.1, 0.15) is 122 Å². The Morgan fingerprint density at radius 1 is 0.652 bits per heavy atom. The van der Waals surface area contributed by atoms with Crippen molar-refractivity contribution in [1.82, 2.24) is 5.32 Å². The van der Waals surface area contributed by atoms with E-state index in [2.05, 4.69) is 12.2 Å². The van der Waals surface area contributed by atoms with Crippen molar-refractivity contribution in [3.05, 3.63) is 0 Å². The van der Waals surface area contributed by atoms with Gasteiger partial charge in [-0.1, -0.05) is 103 Å². The van der Waals surface area contributed by atoms with Crippen molar-refractivity contribution in [2.24, 2.45) is 5.92 Å². The predicted octanol–water partition coefficient (Wildman–Crippen LogP) is 7.25. The van der Waals surface area contributed by atoms with Crippen molar-refractivity contribution < 1.29 is 0 Å². The first-order chi connectivity index (χ1) is 11.4. The molecule has 1 rings (SSSR count). The lowest BCUT2D eigenvalue weighted by Crippen LogP contribution is -2.29. The van der Waals surface area contributed by atoms with E-state index in [4.69, 9.17) is 0 Å². The molecule has 0 aromatic heterocycles. The number of rotatable bonds is 16. The number of piperidine rings is 1. The van der Waals surface area contributed by atoms with Gasteiger partial charge in [-0.3, -0.25) is 0 Å². The third-order valence-electron chi connectivity index (χ3n) is 5.61. The molecular formula is C22H45N. The monoisotopic (exact) mass is 323 g/mol. The summed E-state index contributed by atoms with van der Waals surface area (Å²) in [5, 5.41) is 3.54. The minimum absolute atomic E-state index is 0.991. The van der Waals surface area contributed by atoms with Crippen molar-refractivity contribution in [1.29, 1.82) is 0 Å². The summed E-state index contributed by atoms with van der Waals surface area (Å²) in [6.45, 7) is 4.85. The first-order valence-corrected chi connectivity index (χ1v) is 11.1. The summed E-state index contributed by atoms with van der Waals surface area (Å²) in [5.74, 6) is 0.991. The molecule has 0 aliphatic carbocycles. The highest BCUT2D eigenvalue weighted by atomic mass is 14.9. The third kappa shape index (κ3) is 14.0. The summed E-state index contributed by atoms with van der Waals surface area (Å²) in [7, 11) is 0. The van der Waals surface area contributed by atoms with Crippen molar-refractivity contribution in [2.75, 3.05) is 13.1 Å². The molecule has 1 unspecified atom stereocenters. The molecular weight excluding hydrogens is 278 g/mol. The molecule has 1 N–H and O–H groups in total. The topological polar surface area (TPSA) is 12.0 Å². The van der Waals surface area contributed by atoms with E-state index in [0.29, 0.717) is 0 Å². The van der Waals surface area contributed by atoms with Gasteiger partial charge in [0.1, 0.15) is 0 Å². The van der Waals surface area contributed by atoms with Crippen molar-refractivity contribution >= 4 is 0 Å². The van der Waals surface area contributed by atoms with E-state index in [-0.39, 0.29) is 0 Å². The molecule has 1 atom stereocenters. The van der Waals surface area contributed by atoms with Crippen LogP contribution < -0.4 is 5.32 Å². The van der Waals surface area contributed by atoms with Gasteiger partial charge in [0.2, 0.25) is 0 Å². The summed E-state index contributed by atoms with van der Waals surface area (Å²) in [6, 6.07) is 0. The summed E-state index contributed by atoms with van der Waals surface area (Å²) >= 11 is 0. The molecule has 1 aliphatic heterocycles. The molecule has 0 aromatic carbocycles. The average molecular weight is 324 g/mol. The molecule has 1 fully saturated rings. The fourth-order valence-corrected chi connectivity index (χ4v) is 3.97. The molecule has 1 saturated heterocycles. The second kappa shape index (κ2) is 16.8. The zero-order valence-electron chi connectivity index (χ0n) is 16.2. The lowest BCUT2D eigenvalue weighted by atomic mass is 9.93. The maximum atomic E-state index is 3.54. The van der Waals surface area contributed by atoms with Crippen molar-refractivity contribution in [2.45, 2.75) is 122 Å². The Bertz CT molecular complexity index is 220. The highest BCUT2D eigenvalue weighted by Crippen LogP contribution is 2.19. The van der Waals surface area contributed by atoms with Crippen LogP contribution in [0.2, 0.25) is 0 Å². The average Bonchev–Trinajstić information content (AvgIpc) is 2.59. The van der Waals surface area contributed by atoms with Crippen molar-refractivity contribution in [3.63, 3.8) is 0 Å². The summed E-state index contributed by atoms with van der Waals surface area (Å²) < 4.78 is 0. The van der Waals surface area contributed by atoms with Gasteiger partial charge >= 0.3 is 0 Å². The number of hydrogen-bond donors (Lipinski definition) is 1. The summed E-state index contributed by atoms with van der Waals surface area (Å²) in [5.41, 5.74) is 0. The molecule has 138 valence electrons. The lowest BCUT2D eigenvalue weighted by Gasteiger charge is -2.22. The standard InChI is InChI=1S/C22H45N/c1-2-3-4-5-6-7-8-9-10-11-12-13-14-15-16-18-22-19-17-20-23-21-22/h22-23H,2-21H2,1H3. The minimum Gasteiger partial charge on any atom is -0.316 e. The number of nitrogens with one attached hydrogen (secondary N) is 1. The van der Waals surface area contributed by atoms with Gasteiger partial charge < -0.3 is 5.32 Å². The number of hydrogen-bond acceptors (Lipinski definition) is 1. The normalized spacial score (nSPS) is 18.4. The Labute approximate surface area is 147 Å². The van der Waals surface area contributed by atoms with Crippen LogP contribution in [0.4, 0.5) is 0 Å². The fraction of sp³-hybridized carbons (Fsp3) is 1.00. The smallest absolute Gasteiger partial charge is 0.00205 e. The van der Waals surface area contributed by atoms with Crippen LogP contribution in [0.5, 0.6) is 0 Å². The highest BCUT2D eigenvalue weighted by Gasteiger charge is 2.11. The van der Waals surface area contributed by atoms with E-state index >= 15 is 0 Å². The Morgan fingerprint density at radius 3 is 1.57 bits per heavy atom. The molecule has 0 bridgehead atoms. The third-order valence-corrected chi connectivity index (χ3v) is 5.61. The van der Waals surface area contributed by atoms with Crippen LogP contribution in [-0.4, -0.2) is 13.1 Å². The maximum absolute atomic E-state index is 3.54.